The Morgan fingerprint density at radius 1 is 0.325 bits per heavy atom. The Bertz CT molecular complexity index is 839. The molecule has 40 heavy (non-hydrogen) atoms. The Morgan fingerprint density at radius 2 is 0.600 bits per heavy atom. The molecule has 3 aromatic carbocycles. The fraction of sp³-hybridized carbons (Fsp3) is 0.400. The lowest BCUT2D eigenvalue weighted by Gasteiger charge is -2.17. The zero-order valence-electron chi connectivity index (χ0n) is 22.9. The quantitative estimate of drug-likeness (QED) is 0.117. The smallest absolute Gasteiger partial charge is 0.484 e. The van der Waals surface area contributed by atoms with Crippen LogP contribution < -0.4 is 14.2 Å². The molecule has 0 fully saturated rings. The maximum atomic E-state index is 5.85. The summed E-state index contributed by atoms with van der Waals surface area (Å²) >= 11 is 0. The van der Waals surface area contributed by atoms with Gasteiger partial charge >= 0.3 is 9.53 Å². The van der Waals surface area contributed by atoms with Crippen molar-refractivity contribution in [3.63, 3.8) is 0 Å². The van der Waals surface area contributed by atoms with Crippen LogP contribution in [0.1, 0.15) is 0 Å². The Kier molecular flexibility index (Phi) is 17.2. The normalized spacial score (nSPS) is 11.0. The van der Waals surface area contributed by atoms with Crippen LogP contribution in [0.15, 0.2) is 91.0 Å². The molecule has 0 N–H and O–H groups in total. The van der Waals surface area contributed by atoms with Crippen LogP contribution in [-0.4, -0.2) is 88.8 Å². The second-order valence-electron chi connectivity index (χ2n) is 8.22. The van der Waals surface area contributed by atoms with Crippen LogP contribution in [0.3, 0.4) is 0 Å². The lowest BCUT2D eigenvalue weighted by Crippen LogP contribution is -2.32. The van der Waals surface area contributed by atoms with Crippen LogP contribution >= 0.6 is 0 Å². The third-order valence-corrected chi connectivity index (χ3v) is 6.69. The van der Waals surface area contributed by atoms with Gasteiger partial charge in [-0.1, -0.05) is 54.6 Å². The van der Waals surface area contributed by atoms with Crippen LogP contribution in [0, 0.1) is 0 Å². The molecular weight excluding hydrogens is 532 g/mol. The summed E-state index contributed by atoms with van der Waals surface area (Å²) in [6, 6.07) is 28.9. The molecule has 3 aromatic rings. The first kappa shape index (κ1) is 31.6. The molecule has 0 aromatic heterocycles. The van der Waals surface area contributed by atoms with E-state index >= 15 is 0 Å². The molecular formula is C30H40O9Si. The van der Waals surface area contributed by atoms with Gasteiger partial charge in [0.1, 0.15) is 37.1 Å². The average molecular weight is 573 g/mol. The van der Waals surface area contributed by atoms with E-state index in [4.69, 9.17) is 41.7 Å². The maximum absolute atomic E-state index is 5.85. The van der Waals surface area contributed by atoms with E-state index < -0.39 is 9.53 Å². The molecule has 0 bridgehead atoms. The Balaban J connectivity index is 1.23. The third kappa shape index (κ3) is 15.6. The van der Waals surface area contributed by atoms with E-state index in [-0.39, 0.29) is 0 Å². The summed E-state index contributed by atoms with van der Waals surface area (Å²) in [4.78, 5) is 0. The first-order valence-corrected chi connectivity index (χ1v) is 14.9. The zero-order valence-corrected chi connectivity index (χ0v) is 24.1. The van der Waals surface area contributed by atoms with Gasteiger partial charge in [0, 0.05) is 0 Å². The molecule has 0 radical (unpaired) electrons. The molecule has 0 amide bonds. The van der Waals surface area contributed by atoms with Crippen molar-refractivity contribution in [2.24, 2.45) is 0 Å². The van der Waals surface area contributed by atoms with Gasteiger partial charge in [0.15, 0.2) is 0 Å². The summed E-state index contributed by atoms with van der Waals surface area (Å²) in [5, 5.41) is 0. The second-order valence-corrected chi connectivity index (χ2v) is 9.80. The number of ether oxygens (including phenoxy) is 6. The topological polar surface area (TPSA) is 83.1 Å². The Labute approximate surface area is 238 Å². The van der Waals surface area contributed by atoms with E-state index in [1.54, 1.807) is 0 Å². The number of rotatable bonds is 24. The summed E-state index contributed by atoms with van der Waals surface area (Å²) in [6.07, 6.45) is 0. The van der Waals surface area contributed by atoms with Crippen LogP contribution in [0.25, 0.3) is 0 Å². The number of hydrogen-bond acceptors (Lipinski definition) is 9. The van der Waals surface area contributed by atoms with Crippen LogP contribution in [0.4, 0.5) is 0 Å². The largest absolute Gasteiger partial charge is 0.491 e. The molecule has 0 aliphatic carbocycles. The number of para-hydroxylation sites is 3. The van der Waals surface area contributed by atoms with Gasteiger partial charge in [-0.05, 0) is 36.4 Å². The summed E-state index contributed by atoms with van der Waals surface area (Å²) < 4.78 is 51.2. The Hall–Kier alpha value is -2.96. The Morgan fingerprint density at radius 3 is 0.900 bits per heavy atom. The lowest BCUT2D eigenvalue weighted by molar-refractivity contribution is 0.0123. The molecule has 218 valence electrons. The van der Waals surface area contributed by atoms with E-state index in [9.17, 15) is 0 Å². The summed E-state index contributed by atoms with van der Waals surface area (Å²) in [5.74, 6) is 2.46. The molecule has 9 nitrogen and oxygen atoms in total. The van der Waals surface area contributed by atoms with Gasteiger partial charge in [-0.25, -0.2) is 0 Å². The van der Waals surface area contributed by atoms with Crippen molar-refractivity contribution in [3.05, 3.63) is 91.0 Å². The van der Waals surface area contributed by atoms with Crippen molar-refractivity contribution >= 4 is 9.53 Å². The average Bonchev–Trinajstić information content (AvgIpc) is 3.00. The highest BCUT2D eigenvalue weighted by atomic mass is 28.3. The van der Waals surface area contributed by atoms with Gasteiger partial charge in [-0.15, -0.1) is 0 Å². The van der Waals surface area contributed by atoms with Crippen molar-refractivity contribution in [1.82, 2.24) is 0 Å². The predicted octanol–water partition coefficient (Wildman–Crippen LogP) is 4.04. The van der Waals surface area contributed by atoms with Crippen molar-refractivity contribution in [2.75, 3.05) is 79.3 Å². The molecule has 0 saturated carbocycles. The molecule has 0 unspecified atom stereocenters. The van der Waals surface area contributed by atoms with E-state index in [0.717, 1.165) is 17.2 Å². The maximum Gasteiger partial charge on any atom is 0.484 e. The SMILES string of the molecule is c1ccc(OCCOCCO[SiH](OCCOCCOc2ccccc2)OCCOCCOc2ccccc2)cc1. The summed E-state index contributed by atoms with van der Waals surface area (Å²) in [6.45, 7) is 5.11. The van der Waals surface area contributed by atoms with Crippen LogP contribution in [-0.2, 0) is 27.5 Å². The first-order chi connectivity index (χ1) is 19.9. The van der Waals surface area contributed by atoms with Crippen molar-refractivity contribution in [3.8, 4) is 17.2 Å². The van der Waals surface area contributed by atoms with E-state index in [0.29, 0.717) is 79.3 Å². The minimum absolute atomic E-state index is 0.361. The van der Waals surface area contributed by atoms with Gasteiger partial charge in [0.25, 0.3) is 0 Å². The highest BCUT2D eigenvalue weighted by Crippen LogP contribution is 2.09. The molecule has 0 heterocycles. The van der Waals surface area contributed by atoms with E-state index in [2.05, 4.69) is 0 Å². The fourth-order valence-electron chi connectivity index (χ4n) is 3.27. The molecule has 0 spiro atoms. The minimum atomic E-state index is -2.39. The van der Waals surface area contributed by atoms with Gasteiger partial charge in [-0.3, -0.25) is 0 Å². The molecule has 0 aliphatic rings. The molecule has 0 atom stereocenters. The molecule has 10 heteroatoms. The molecule has 0 aliphatic heterocycles. The van der Waals surface area contributed by atoms with Crippen LogP contribution in [0.5, 0.6) is 17.2 Å². The van der Waals surface area contributed by atoms with Gasteiger partial charge < -0.3 is 41.7 Å². The zero-order chi connectivity index (χ0) is 27.8. The monoisotopic (exact) mass is 572 g/mol. The van der Waals surface area contributed by atoms with Crippen molar-refractivity contribution in [1.29, 1.82) is 0 Å². The van der Waals surface area contributed by atoms with Crippen molar-refractivity contribution in [2.45, 2.75) is 0 Å². The second kappa shape index (κ2) is 21.8. The summed E-state index contributed by atoms with van der Waals surface area (Å²) in [7, 11) is -2.39. The predicted molar refractivity (Wildman–Crippen MR) is 153 cm³/mol. The van der Waals surface area contributed by atoms with E-state index in [1.807, 2.05) is 91.0 Å². The first-order valence-electron chi connectivity index (χ1n) is 13.5. The highest BCUT2D eigenvalue weighted by Gasteiger charge is 2.15. The van der Waals surface area contributed by atoms with Gasteiger partial charge in [0.05, 0.1) is 59.5 Å². The number of benzene rings is 3. The summed E-state index contributed by atoms with van der Waals surface area (Å²) in [5.41, 5.74) is 0. The third-order valence-electron chi connectivity index (χ3n) is 5.16. The minimum Gasteiger partial charge on any atom is -0.491 e. The molecule has 0 saturated heterocycles. The standard InChI is InChI=1S/C30H40O9Si/c1-4-10-28(11-5-1)34-22-16-31-19-25-37-40(38-26-20-32-17-23-35-29-12-6-2-7-13-29)39-27-21-33-18-24-36-30-14-8-3-9-15-30/h1-15,40H,16-27H2. The van der Waals surface area contributed by atoms with Crippen molar-refractivity contribution < 1.29 is 41.7 Å². The molecule has 3 rings (SSSR count). The highest BCUT2D eigenvalue weighted by molar-refractivity contribution is 6.36. The van der Waals surface area contributed by atoms with Gasteiger partial charge in [0.2, 0.25) is 0 Å². The van der Waals surface area contributed by atoms with Crippen LogP contribution in [0.2, 0.25) is 0 Å². The fourth-order valence-corrected chi connectivity index (χ4v) is 4.42. The van der Waals surface area contributed by atoms with Gasteiger partial charge in [-0.2, -0.15) is 0 Å². The number of hydrogen-bond donors (Lipinski definition) is 0. The lowest BCUT2D eigenvalue weighted by atomic mass is 10.3. The van der Waals surface area contributed by atoms with E-state index in [1.165, 1.54) is 0 Å².